The number of benzene rings is 1. The molecule has 0 radical (unpaired) electrons. The molecule has 4 heterocycles. The summed E-state index contributed by atoms with van der Waals surface area (Å²) in [6.07, 6.45) is 2.52. The maximum Gasteiger partial charge on any atom is 0.324 e. The van der Waals surface area contributed by atoms with E-state index in [1.165, 1.54) is 30.1 Å². The molecule has 1 aromatic carbocycles. The van der Waals surface area contributed by atoms with Crippen molar-refractivity contribution >= 4 is 33.0 Å². The molecule has 0 spiro atoms. The minimum Gasteiger partial charge on any atom is -0.473 e. The lowest BCUT2D eigenvalue weighted by atomic mass is 10.1. The van der Waals surface area contributed by atoms with E-state index < -0.39 is 21.7 Å². The molecule has 0 bridgehead atoms. The van der Waals surface area contributed by atoms with Crippen molar-refractivity contribution in [3.63, 3.8) is 0 Å². The first-order chi connectivity index (χ1) is 19.1. The Bertz CT molecular complexity index is 1660. The standard InChI is InChI=1S/C25H29FN8O5S/c1-5-19(35)32-40(36,37)16-6-7-17(18(26)12-16)22-20-21(30-33(22)4)24(28-13-27-20)38-15-8-10-34(11-9-15)25-29-23(14(2)3)31-39-25/h6-7,12-15H,5,8-11H2,1-4H3,(H,32,35). The van der Waals surface area contributed by atoms with Crippen LogP contribution >= 0.6 is 0 Å². The van der Waals surface area contributed by atoms with Gasteiger partial charge in [-0.1, -0.05) is 25.9 Å². The number of nitrogens with zero attached hydrogens (tertiary/aromatic N) is 7. The molecule has 40 heavy (non-hydrogen) atoms. The molecule has 5 rings (SSSR count). The van der Waals surface area contributed by atoms with Gasteiger partial charge in [-0.15, -0.1) is 0 Å². The molecule has 3 aromatic heterocycles. The minimum absolute atomic E-state index is 0.0260. The zero-order chi connectivity index (χ0) is 28.6. The predicted molar refractivity (Wildman–Crippen MR) is 142 cm³/mol. The SMILES string of the molecule is CCC(=O)NS(=O)(=O)c1ccc(-c2c3ncnc(OC4CCN(c5nc(C(C)C)no5)CC4)c3nn2C)c(F)c1. The topological polar surface area (TPSA) is 158 Å². The first kappa shape index (κ1) is 27.4. The summed E-state index contributed by atoms with van der Waals surface area (Å²) in [5.41, 5.74) is 1.12. The van der Waals surface area contributed by atoms with Crippen molar-refractivity contribution in [1.29, 1.82) is 0 Å². The van der Waals surface area contributed by atoms with Crippen molar-refractivity contribution in [2.45, 2.75) is 57.0 Å². The van der Waals surface area contributed by atoms with Crippen LogP contribution < -0.4 is 14.4 Å². The lowest BCUT2D eigenvalue weighted by Gasteiger charge is -2.30. The van der Waals surface area contributed by atoms with Gasteiger partial charge in [-0.2, -0.15) is 15.1 Å². The van der Waals surface area contributed by atoms with Crippen LogP contribution in [0.15, 0.2) is 33.9 Å². The molecule has 1 fully saturated rings. The molecular weight excluding hydrogens is 543 g/mol. The first-order valence-corrected chi connectivity index (χ1v) is 14.3. The lowest BCUT2D eigenvalue weighted by Crippen LogP contribution is -2.38. The second-order valence-electron chi connectivity index (χ2n) is 9.77. The van der Waals surface area contributed by atoms with Crippen LogP contribution in [0.25, 0.3) is 22.3 Å². The van der Waals surface area contributed by atoms with E-state index in [2.05, 4.69) is 25.2 Å². The summed E-state index contributed by atoms with van der Waals surface area (Å²) in [4.78, 5) is 26.3. The first-order valence-electron chi connectivity index (χ1n) is 12.9. The molecule has 0 unspecified atom stereocenters. The Kier molecular flexibility index (Phi) is 7.40. The number of piperidine rings is 1. The Morgan fingerprint density at radius 3 is 2.62 bits per heavy atom. The van der Waals surface area contributed by atoms with Gasteiger partial charge in [-0.3, -0.25) is 9.48 Å². The van der Waals surface area contributed by atoms with E-state index in [0.717, 1.165) is 6.07 Å². The van der Waals surface area contributed by atoms with E-state index in [-0.39, 0.29) is 34.8 Å². The van der Waals surface area contributed by atoms with Crippen molar-refractivity contribution in [3.8, 4) is 17.1 Å². The van der Waals surface area contributed by atoms with E-state index in [9.17, 15) is 13.2 Å². The van der Waals surface area contributed by atoms with Gasteiger partial charge in [-0.25, -0.2) is 22.5 Å². The summed E-state index contributed by atoms with van der Waals surface area (Å²) in [6, 6.07) is 3.90. The van der Waals surface area contributed by atoms with Crippen LogP contribution in [0.1, 0.15) is 51.8 Å². The Balaban J connectivity index is 1.35. The fourth-order valence-corrected chi connectivity index (χ4v) is 5.48. The number of sulfonamides is 1. The highest BCUT2D eigenvalue weighted by molar-refractivity contribution is 7.90. The normalized spacial score (nSPS) is 14.7. The number of hydrogen-bond acceptors (Lipinski definition) is 11. The summed E-state index contributed by atoms with van der Waals surface area (Å²) in [7, 11) is -2.58. The number of carbonyl (C=O) groups excluding carboxylic acids is 1. The van der Waals surface area contributed by atoms with Gasteiger partial charge in [0.25, 0.3) is 10.0 Å². The summed E-state index contributed by atoms with van der Waals surface area (Å²) >= 11 is 0. The molecule has 13 nitrogen and oxygen atoms in total. The Morgan fingerprint density at radius 1 is 1.23 bits per heavy atom. The molecule has 0 aliphatic carbocycles. The molecule has 4 aromatic rings. The van der Waals surface area contributed by atoms with Gasteiger partial charge in [0.1, 0.15) is 23.8 Å². The summed E-state index contributed by atoms with van der Waals surface area (Å²) < 4.78 is 55.1. The smallest absolute Gasteiger partial charge is 0.324 e. The fourth-order valence-electron chi connectivity index (χ4n) is 4.42. The quantitative estimate of drug-likeness (QED) is 0.331. The van der Waals surface area contributed by atoms with Crippen LogP contribution in [0, 0.1) is 5.82 Å². The van der Waals surface area contributed by atoms with Gasteiger partial charge in [0.15, 0.2) is 11.3 Å². The average Bonchev–Trinajstić information content (AvgIpc) is 3.54. The van der Waals surface area contributed by atoms with Crippen molar-refractivity contribution < 1.29 is 26.9 Å². The minimum atomic E-state index is -4.20. The van der Waals surface area contributed by atoms with Crippen molar-refractivity contribution in [3.05, 3.63) is 36.2 Å². The number of amides is 1. The van der Waals surface area contributed by atoms with Crippen LogP contribution in [0.5, 0.6) is 5.88 Å². The third-order valence-electron chi connectivity index (χ3n) is 6.60. The van der Waals surface area contributed by atoms with Crippen LogP contribution in [-0.2, 0) is 21.9 Å². The maximum absolute atomic E-state index is 15.3. The summed E-state index contributed by atoms with van der Waals surface area (Å²) in [5, 5.41) is 8.51. The second-order valence-corrected chi connectivity index (χ2v) is 11.4. The molecule has 1 amide bonds. The van der Waals surface area contributed by atoms with Gasteiger partial charge in [0.05, 0.1) is 10.6 Å². The Morgan fingerprint density at radius 2 is 1.98 bits per heavy atom. The number of ether oxygens (including phenoxy) is 1. The lowest BCUT2D eigenvalue weighted by molar-refractivity contribution is -0.119. The molecule has 0 saturated carbocycles. The van der Waals surface area contributed by atoms with Gasteiger partial charge in [0, 0.05) is 50.9 Å². The zero-order valence-electron chi connectivity index (χ0n) is 22.5. The molecule has 15 heteroatoms. The van der Waals surface area contributed by atoms with Crippen molar-refractivity contribution in [2.24, 2.45) is 7.05 Å². The molecule has 1 N–H and O–H groups in total. The molecule has 1 aliphatic heterocycles. The number of nitrogens with one attached hydrogen (secondary N) is 1. The van der Waals surface area contributed by atoms with Crippen molar-refractivity contribution in [2.75, 3.05) is 18.0 Å². The average molecular weight is 573 g/mol. The largest absolute Gasteiger partial charge is 0.473 e. The highest BCUT2D eigenvalue weighted by Gasteiger charge is 2.27. The highest BCUT2D eigenvalue weighted by Crippen LogP contribution is 2.34. The summed E-state index contributed by atoms with van der Waals surface area (Å²) in [6.45, 7) is 6.84. The monoisotopic (exact) mass is 572 g/mol. The van der Waals surface area contributed by atoms with Gasteiger partial charge in [0.2, 0.25) is 11.8 Å². The van der Waals surface area contributed by atoms with E-state index in [0.29, 0.717) is 54.5 Å². The van der Waals surface area contributed by atoms with E-state index in [1.54, 1.807) is 7.05 Å². The number of aromatic nitrogens is 6. The van der Waals surface area contributed by atoms with Crippen LogP contribution in [-0.4, -0.2) is 63.4 Å². The molecular formula is C25H29FN8O5S. The third kappa shape index (κ3) is 5.33. The van der Waals surface area contributed by atoms with E-state index in [4.69, 9.17) is 9.26 Å². The Labute approximate surface area is 229 Å². The van der Waals surface area contributed by atoms with Gasteiger partial charge in [-0.05, 0) is 18.2 Å². The molecule has 1 saturated heterocycles. The second kappa shape index (κ2) is 10.8. The van der Waals surface area contributed by atoms with Crippen molar-refractivity contribution in [1.82, 2.24) is 34.6 Å². The van der Waals surface area contributed by atoms with Crippen LogP contribution in [0.2, 0.25) is 0 Å². The highest BCUT2D eigenvalue weighted by atomic mass is 32.2. The Hall–Kier alpha value is -4.14. The number of fused-ring (bicyclic) bond motifs is 1. The maximum atomic E-state index is 15.3. The number of rotatable bonds is 8. The molecule has 1 aliphatic rings. The van der Waals surface area contributed by atoms with E-state index in [1.807, 2.05) is 23.5 Å². The number of aryl methyl sites for hydroxylation is 1. The third-order valence-corrected chi connectivity index (χ3v) is 7.97. The number of hydrogen-bond donors (Lipinski definition) is 1. The summed E-state index contributed by atoms with van der Waals surface area (Å²) in [5.74, 6) is -0.390. The molecule has 0 atom stereocenters. The fraction of sp³-hybridized carbons (Fsp3) is 0.440. The van der Waals surface area contributed by atoms with Crippen LogP contribution in [0.3, 0.4) is 0 Å². The number of anilines is 1. The zero-order valence-corrected chi connectivity index (χ0v) is 23.3. The number of carbonyl (C=O) groups is 1. The van der Waals surface area contributed by atoms with Gasteiger partial charge < -0.3 is 14.2 Å². The molecule has 212 valence electrons. The van der Waals surface area contributed by atoms with Crippen LogP contribution in [0.4, 0.5) is 10.4 Å². The van der Waals surface area contributed by atoms with E-state index >= 15 is 4.39 Å². The van der Waals surface area contributed by atoms with Gasteiger partial charge >= 0.3 is 6.01 Å². The number of halogens is 1. The predicted octanol–water partition coefficient (Wildman–Crippen LogP) is 2.94.